The highest BCUT2D eigenvalue weighted by molar-refractivity contribution is 6.39. The van der Waals surface area contributed by atoms with E-state index in [0.29, 0.717) is 16.6 Å². The van der Waals surface area contributed by atoms with Crippen LogP contribution in [0.4, 0.5) is 0 Å². The molecule has 0 amide bonds. The van der Waals surface area contributed by atoms with Gasteiger partial charge in [0.25, 0.3) is 0 Å². The molecule has 126 valence electrons. The number of hydrogen-bond acceptors (Lipinski definition) is 1. The van der Waals surface area contributed by atoms with Crippen LogP contribution in [0.25, 0.3) is 22.2 Å². The van der Waals surface area contributed by atoms with E-state index in [-0.39, 0.29) is 0 Å². The third kappa shape index (κ3) is 3.32. The zero-order chi connectivity index (χ0) is 17.1. The van der Waals surface area contributed by atoms with E-state index in [4.69, 9.17) is 28.9 Å². The lowest BCUT2D eigenvalue weighted by atomic mass is 9.99. The van der Waals surface area contributed by atoms with E-state index < -0.39 is 0 Å². The molecule has 3 rings (SSSR count). The van der Waals surface area contributed by atoms with E-state index in [2.05, 4.69) is 30.1 Å². The number of nitrogens with two attached hydrogens (primary N) is 1. The number of hydrogen-bond donors (Lipinski definition) is 2. The summed E-state index contributed by atoms with van der Waals surface area (Å²) in [5, 5.41) is 2.60. The maximum absolute atomic E-state index is 6.46. The Balaban J connectivity index is 2.20. The normalized spacial score (nSPS) is 11.3. The zero-order valence-corrected chi connectivity index (χ0v) is 15.3. The van der Waals surface area contributed by atoms with Gasteiger partial charge in [0.15, 0.2) is 0 Å². The van der Waals surface area contributed by atoms with Gasteiger partial charge in [-0.3, -0.25) is 0 Å². The van der Waals surface area contributed by atoms with Crippen LogP contribution in [0.3, 0.4) is 0 Å². The minimum absolute atomic E-state index is 0.671. The number of aromatic nitrogens is 1. The molecule has 0 saturated carbocycles. The van der Waals surface area contributed by atoms with Gasteiger partial charge in [0.2, 0.25) is 0 Å². The maximum Gasteiger partial charge on any atom is 0.0527 e. The average Bonchev–Trinajstić information content (AvgIpc) is 2.92. The third-order valence-corrected chi connectivity index (χ3v) is 5.10. The molecule has 0 aliphatic heterocycles. The van der Waals surface area contributed by atoms with Crippen LogP contribution < -0.4 is 5.73 Å². The van der Waals surface area contributed by atoms with Crippen molar-refractivity contribution in [3.63, 3.8) is 0 Å². The molecule has 3 aromatic rings. The van der Waals surface area contributed by atoms with Crippen LogP contribution >= 0.6 is 23.2 Å². The Morgan fingerprint density at radius 3 is 2.46 bits per heavy atom. The summed E-state index contributed by atoms with van der Waals surface area (Å²) < 4.78 is 0. The highest BCUT2D eigenvalue weighted by atomic mass is 35.5. The second-order valence-corrected chi connectivity index (χ2v) is 6.87. The number of unbranched alkanes of at least 4 members (excludes halogenated alkanes) is 1. The molecule has 0 spiro atoms. The molecule has 4 heteroatoms. The smallest absolute Gasteiger partial charge is 0.0527 e. The van der Waals surface area contributed by atoms with Crippen LogP contribution in [-0.2, 0) is 12.8 Å². The van der Waals surface area contributed by atoms with Crippen molar-refractivity contribution in [2.45, 2.75) is 32.6 Å². The summed E-state index contributed by atoms with van der Waals surface area (Å²) in [5.41, 5.74) is 11.3. The molecule has 0 unspecified atom stereocenters. The van der Waals surface area contributed by atoms with Crippen LogP contribution in [0.5, 0.6) is 0 Å². The predicted molar refractivity (Wildman–Crippen MR) is 105 cm³/mol. The molecule has 0 saturated heterocycles. The summed E-state index contributed by atoms with van der Waals surface area (Å²) >= 11 is 12.9. The maximum atomic E-state index is 6.46. The van der Waals surface area contributed by atoms with E-state index >= 15 is 0 Å². The second kappa shape index (κ2) is 7.60. The van der Waals surface area contributed by atoms with Crippen molar-refractivity contribution in [3.05, 3.63) is 57.6 Å². The lowest BCUT2D eigenvalue weighted by Crippen LogP contribution is -1.99. The second-order valence-electron chi connectivity index (χ2n) is 6.05. The number of rotatable bonds is 6. The van der Waals surface area contributed by atoms with Gasteiger partial charge >= 0.3 is 0 Å². The van der Waals surface area contributed by atoms with Crippen molar-refractivity contribution in [2.75, 3.05) is 6.54 Å². The van der Waals surface area contributed by atoms with Gasteiger partial charge in [-0.05, 0) is 67.6 Å². The lowest BCUT2D eigenvalue weighted by Gasteiger charge is -2.09. The van der Waals surface area contributed by atoms with Gasteiger partial charge in [-0.1, -0.05) is 42.3 Å². The first-order valence-electron chi connectivity index (χ1n) is 8.43. The Morgan fingerprint density at radius 2 is 1.79 bits per heavy atom. The molecule has 0 radical (unpaired) electrons. The number of fused-ring (bicyclic) bond motifs is 1. The van der Waals surface area contributed by atoms with Gasteiger partial charge < -0.3 is 10.7 Å². The van der Waals surface area contributed by atoms with Gasteiger partial charge in [0.05, 0.1) is 15.7 Å². The monoisotopic (exact) mass is 360 g/mol. The molecule has 2 nitrogen and oxygen atoms in total. The number of halogens is 2. The fourth-order valence-corrected chi connectivity index (χ4v) is 3.76. The molecule has 2 aromatic carbocycles. The van der Waals surface area contributed by atoms with Crippen molar-refractivity contribution in [1.82, 2.24) is 4.98 Å². The average molecular weight is 361 g/mol. The Morgan fingerprint density at radius 1 is 1.04 bits per heavy atom. The van der Waals surface area contributed by atoms with E-state index in [1.54, 1.807) is 0 Å². The third-order valence-electron chi connectivity index (χ3n) is 4.47. The van der Waals surface area contributed by atoms with Gasteiger partial charge in [-0.25, -0.2) is 0 Å². The van der Waals surface area contributed by atoms with Crippen LogP contribution in [0.2, 0.25) is 10.0 Å². The first kappa shape index (κ1) is 17.3. The SMILES string of the molecule is CCc1ccc2[nH]c(-c3c(Cl)cccc3Cl)c(CCCCN)c2c1. The largest absolute Gasteiger partial charge is 0.354 e. The zero-order valence-electron chi connectivity index (χ0n) is 13.8. The number of aromatic amines is 1. The standard InChI is InChI=1S/C20H22Cl2N2/c1-2-13-9-10-18-15(12-13)14(6-3-4-11-23)20(24-18)19-16(21)7-5-8-17(19)22/h5,7-10,12,24H,2-4,6,11,23H2,1H3. The highest BCUT2D eigenvalue weighted by Gasteiger charge is 2.17. The van der Waals surface area contributed by atoms with Gasteiger partial charge in [0.1, 0.15) is 0 Å². The number of H-pyrrole nitrogens is 1. The van der Waals surface area contributed by atoms with Crippen molar-refractivity contribution in [3.8, 4) is 11.3 Å². The molecular formula is C20H22Cl2N2. The molecule has 0 bridgehead atoms. The minimum Gasteiger partial charge on any atom is -0.354 e. The van der Waals surface area contributed by atoms with Gasteiger partial charge in [-0.2, -0.15) is 0 Å². The van der Waals surface area contributed by atoms with Gasteiger partial charge in [-0.15, -0.1) is 0 Å². The van der Waals surface area contributed by atoms with Crippen molar-refractivity contribution in [2.24, 2.45) is 5.73 Å². The fraction of sp³-hybridized carbons (Fsp3) is 0.300. The molecule has 24 heavy (non-hydrogen) atoms. The summed E-state index contributed by atoms with van der Waals surface area (Å²) in [4.78, 5) is 3.54. The van der Waals surface area contributed by atoms with E-state index in [0.717, 1.165) is 42.5 Å². The molecular weight excluding hydrogens is 339 g/mol. The van der Waals surface area contributed by atoms with Crippen LogP contribution in [-0.4, -0.2) is 11.5 Å². The fourth-order valence-electron chi connectivity index (χ4n) is 3.17. The Labute approximate surface area is 153 Å². The Hall–Kier alpha value is -1.48. The van der Waals surface area contributed by atoms with E-state index in [9.17, 15) is 0 Å². The molecule has 0 fully saturated rings. The molecule has 0 aliphatic rings. The molecule has 1 heterocycles. The molecule has 0 aliphatic carbocycles. The van der Waals surface area contributed by atoms with Crippen LogP contribution in [0.15, 0.2) is 36.4 Å². The van der Waals surface area contributed by atoms with Crippen molar-refractivity contribution in [1.29, 1.82) is 0 Å². The first-order valence-corrected chi connectivity index (χ1v) is 9.19. The van der Waals surface area contributed by atoms with E-state index in [1.807, 2.05) is 18.2 Å². The highest BCUT2D eigenvalue weighted by Crippen LogP contribution is 2.39. The summed E-state index contributed by atoms with van der Waals surface area (Å²) in [6.07, 6.45) is 4.04. The summed E-state index contributed by atoms with van der Waals surface area (Å²) in [6.45, 7) is 2.89. The quantitative estimate of drug-likeness (QED) is 0.521. The molecule has 0 atom stereocenters. The van der Waals surface area contributed by atoms with Crippen molar-refractivity contribution < 1.29 is 0 Å². The van der Waals surface area contributed by atoms with Crippen LogP contribution in [0.1, 0.15) is 30.9 Å². The summed E-state index contributed by atoms with van der Waals surface area (Å²) in [6, 6.07) is 12.2. The molecule has 3 N–H and O–H groups in total. The van der Waals surface area contributed by atoms with Crippen LogP contribution in [0, 0.1) is 0 Å². The lowest BCUT2D eigenvalue weighted by molar-refractivity contribution is 0.748. The van der Waals surface area contributed by atoms with E-state index in [1.165, 1.54) is 16.5 Å². The Kier molecular flexibility index (Phi) is 5.50. The Bertz CT molecular complexity index is 832. The van der Waals surface area contributed by atoms with Gasteiger partial charge in [0, 0.05) is 16.5 Å². The first-order chi connectivity index (χ1) is 11.7. The topological polar surface area (TPSA) is 41.8 Å². The number of nitrogens with one attached hydrogen (secondary N) is 1. The summed E-state index contributed by atoms with van der Waals surface area (Å²) in [5.74, 6) is 0. The summed E-state index contributed by atoms with van der Waals surface area (Å²) in [7, 11) is 0. The van der Waals surface area contributed by atoms with Crippen molar-refractivity contribution >= 4 is 34.1 Å². The number of aryl methyl sites for hydroxylation is 2. The molecule has 1 aromatic heterocycles. The minimum atomic E-state index is 0.671. The number of benzene rings is 2. The predicted octanol–water partition coefficient (Wildman–Crippen LogP) is 5.99.